The highest BCUT2D eigenvalue weighted by molar-refractivity contribution is 6.30. The molecular formula is C15H15ClN2O2. The van der Waals surface area contributed by atoms with Crippen molar-refractivity contribution >= 4 is 17.5 Å². The molecule has 5 heteroatoms. The molecule has 104 valence electrons. The summed E-state index contributed by atoms with van der Waals surface area (Å²) in [5, 5.41) is 11.6. The van der Waals surface area contributed by atoms with E-state index in [0.717, 1.165) is 5.56 Å². The maximum absolute atomic E-state index is 12.4. The number of hydrogen-bond donors (Lipinski definition) is 0. The maximum Gasteiger partial charge on any atom is 0.254 e. The SMILES string of the molecule is CCN(Cc1cccc(Cl)c1)C(=O)c1cc[n+]([O-])cc1. The van der Waals surface area contributed by atoms with Crippen LogP contribution < -0.4 is 4.73 Å². The van der Waals surface area contributed by atoms with E-state index in [0.29, 0.717) is 28.4 Å². The molecule has 1 amide bonds. The zero-order chi connectivity index (χ0) is 14.5. The number of halogens is 1. The van der Waals surface area contributed by atoms with Crippen molar-refractivity contribution in [2.45, 2.75) is 13.5 Å². The van der Waals surface area contributed by atoms with Crippen LogP contribution >= 0.6 is 11.6 Å². The van der Waals surface area contributed by atoms with Gasteiger partial charge in [0.05, 0.1) is 5.56 Å². The van der Waals surface area contributed by atoms with Gasteiger partial charge in [-0.25, -0.2) is 0 Å². The number of hydrogen-bond acceptors (Lipinski definition) is 2. The van der Waals surface area contributed by atoms with Crippen molar-refractivity contribution in [2.24, 2.45) is 0 Å². The minimum atomic E-state index is -0.104. The summed E-state index contributed by atoms with van der Waals surface area (Å²) in [6, 6.07) is 10.5. The van der Waals surface area contributed by atoms with E-state index >= 15 is 0 Å². The Morgan fingerprint density at radius 1 is 1.30 bits per heavy atom. The van der Waals surface area contributed by atoms with Crippen molar-refractivity contribution in [1.29, 1.82) is 0 Å². The maximum atomic E-state index is 12.4. The van der Waals surface area contributed by atoms with Gasteiger partial charge in [-0.05, 0) is 24.6 Å². The number of carbonyl (C=O) groups excluding carboxylic acids is 1. The van der Waals surface area contributed by atoms with E-state index in [1.165, 1.54) is 24.5 Å². The Balaban J connectivity index is 2.15. The minimum Gasteiger partial charge on any atom is -0.619 e. The molecule has 20 heavy (non-hydrogen) atoms. The largest absolute Gasteiger partial charge is 0.619 e. The number of pyridine rings is 1. The number of benzene rings is 1. The van der Waals surface area contributed by atoms with Gasteiger partial charge in [0.25, 0.3) is 5.91 Å². The monoisotopic (exact) mass is 290 g/mol. The molecular weight excluding hydrogens is 276 g/mol. The van der Waals surface area contributed by atoms with Crippen molar-refractivity contribution in [3.8, 4) is 0 Å². The lowest BCUT2D eigenvalue weighted by atomic mass is 10.2. The summed E-state index contributed by atoms with van der Waals surface area (Å²) in [7, 11) is 0. The molecule has 4 nitrogen and oxygen atoms in total. The van der Waals surface area contributed by atoms with Crippen LogP contribution in [0.25, 0.3) is 0 Å². The molecule has 1 aromatic heterocycles. The molecule has 0 unspecified atom stereocenters. The van der Waals surface area contributed by atoms with Crippen LogP contribution in [0.3, 0.4) is 0 Å². The van der Waals surface area contributed by atoms with Gasteiger partial charge in [0.1, 0.15) is 0 Å². The van der Waals surface area contributed by atoms with Gasteiger partial charge in [-0.1, -0.05) is 23.7 Å². The van der Waals surface area contributed by atoms with Crippen LogP contribution in [0.1, 0.15) is 22.8 Å². The average Bonchev–Trinajstić information content (AvgIpc) is 2.45. The van der Waals surface area contributed by atoms with Crippen LogP contribution in [-0.4, -0.2) is 17.4 Å². The zero-order valence-electron chi connectivity index (χ0n) is 11.1. The minimum absolute atomic E-state index is 0.104. The number of nitrogens with zero attached hydrogens (tertiary/aromatic N) is 2. The van der Waals surface area contributed by atoms with Crippen LogP contribution in [-0.2, 0) is 6.54 Å². The van der Waals surface area contributed by atoms with Gasteiger partial charge < -0.3 is 10.1 Å². The molecule has 0 aliphatic rings. The molecule has 0 atom stereocenters. The summed E-state index contributed by atoms with van der Waals surface area (Å²) >= 11 is 5.94. The summed E-state index contributed by atoms with van der Waals surface area (Å²) in [6.45, 7) is 2.99. The lowest BCUT2D eigenvalue weighted by molar-refractivity contribution is -0.605. The molecule has 0 aliphatic carbocycles. The number of aromatic nitrogens is 1. The van der Waals surface area contributed by atoms with Crippen LogP contribution in [0.15, 0.2) is 48.8 Å². The summed E-state index contributed by atoms with van der Waals surface area (Å²) in [6.07, 6.45) is 2.64. The molecule has 2 rings (SSSR count). The second-order valence-corrected chi connectivity index (χ2v) is 4.83. The molecule has 2 aromatic rings. The Labute approximate surface area is 122 Å². The zero-order valence-corrected chi connectivity index (χ0v) is 11.9. The Morgan fingerprint density at radius 2 is 2.00 bits per heavy atom. The quantitative estimate of drug-likeness (QED) is 0.642. The second-order valence-electron chi connectivity index (χ2n) is 4.40. The van der Waals surface area contributed by atoms with Crippen LogP contribution in [0, 0.1) is 5.21 Å². The fourth-order valence-electron chi connectivity index (χ4n) is 1.92. The smallest absolute Gasteiger partial charge is 0.254 e. The first-order chi connectivity index (χ1) is 9.60. The van der Waals surface area contributed by atoms with E-state index in [1.54, 1.807) is 11.0 Å². The number of carbonyl (C=O) groups is 1. The van der Waals surface area contributed by atoms with E-state index in [-0.39, 0.29) is 5.91 Å². The van der Waals surface area contributed by atoms with Gasteiger partial charge in [0, 0.05) is 30.2 Å². The summed E-state index contributed by atoms with van der Waals surface area (Å²) in [5.74, 6) is -0.104. The first kappa shape index (κ1) is 14.3. The highest BCUT2D eigenvalue weighted by atomic mass is 35.5. The lowest BCUT2D eigenvalue weighted by Gasteiger charge is -2.21. The van der Waals surface area contributed by atoms with E-state index in [1.807, 2.05) is 25.1 Å². The Kier molecular flexibility index (Phi) is 4.58. The second kappa shape index (κ2) is 6.39. The van der Waals surface area contributed by atoms with E-state index in [9.17, 15) is 10.0 Å². The third kappa shape index (κ3) is 3.48. The van der Waals surface area contributed by atoms with Crippen LogP contribution in [0.4, 0.5) is 0 Å². The molecule has 0 N–H and O–H groups in total. The van der Waals surface area contributed by atoms with Crippen molar-refractivity contribution in [3.05, 3.63) is 70.1 Å². The molecule has 0 spiro atoms. The Morgan fingerprint density at radius 3 is 2.60 bits per heavy atom. The van der Waals surface area contributed by atoms with Gasteiger partial charge in [0.2, 0.25) is 0 Å². The first-order valence-corrected chi connectivity index (χ1v) is 6.70. The molecule has 0 fully saturated rings. The fraction of sp³-hybridized carbons (Fsp3) is 0.200. The third-order valence-corrected chi connectivity index (χ3v) is 3.22. The number of amides is 1. The topological polar surface area (TPSA) is 47.2 Å². The van der Waals surface area contributed by atoms with Gasteiger partial charge in [-0.15, -0.1) is 0 Å². The van der Waals surface area contributed by atoms with Crippen molar-refractivity contribution in [1.82, 2.24) is 4.90 Å². The molecule has 0 radical (unpaired) electrons. The highest BCUT2D eigenvalue weighted by Gasteiger charge is 2.15. The van der Waals surface area contributed by atoms with E-state index < -0.39 is 0 Å². The predicted octanol–water partition coefficient (Wildman–Crippen LogP) is 2.64. The summed E-state index contributed by atoms with van der Waals surface area (Å²) in [5.41, 5.74) is 1.48. The summed E-state index contributed by atoms with van der Waals surface area (Å²) in [4.78, 5) is 14.1. The standard InChI is InChI=1S/C15H15ClN2O2/c1-2-17(11-12-4-3-5-14(16)10-12)15(19)13-6-8-18(20)9-7-13/h3-10H,2,11H2,1H3. The van der Waals surface area contributed by atoms with Crippen molar-refractivity contribution < 1.29 is 9.52 Å². The molecule has 0 saturated heterocycles. The predicted molar refractivity (Wildman–Crippen MR) is 77.3 cm³/mol. The van der Waals surface area contributed by atoms with Gasteiger partial charge >= 0.3 is 0 Å². The van der Waals surface area contributed by atoms with Crippen molar-refractivity contribution in [2.75, 3.05) is 6.54 Å². The summed E-state index contributed by atoms with van der Waals surface area (Å²) < 4.78 is 0.657. The van der Waals surface area contributed by atoms with Gasteiger partial charge in [-0.2, -0.15) is 4.73 Å². The first-order valence-electron chi connectivity index (χ1n) is 6.32. The molecule has 1 aromatic carbocycles. The fourth-order valence-corrected chi connectivity index (χ4v) is 2.13. The van der Waals surface area contributed by atoms with Gasteiger partial charge in [-0.3, -0.25) is 4.79 Å². The Bertz CT molecular complexity index is 599. The van der Waals surface area contributed by atoms with E-state index in [2.05, 4.69) is 0 Å². The Hall–Kier alpha value is -2.07. The third-order valence-electron chi connectivity index (χ3n) is 2.98. The average molecular weight is 291 g/mol. The molecule has 0 aliphatic heterocycles. The van der Waals surface area contributed by atoms with Crippen LogP contribution in [0.5, 0.6) is 0 Å². The molecule has 1 heterocycles. The van der Waals surface area contributed by atoms with E-state index in [4.69, 9.17) is 11.6 Å². The molecule has 0 saturated carbocycles. The van der Waals surface area contributed by atoms with Gasteiger partial charge in [0.15, 0.2) is 12.4 Å². The van der Waals surface area contributed by atoms with Crippen LogP contribution in [0.2, 0.25) is 5.02 Å². The number of rotatable bonds is 4. The highest BCUT2D eigenvalue weighted by Crippen LogP contribution is 2.14. The lowest BCUT2D eigenvalue weighted by Crippen LogP contribution is -2.31. The normalized spacial score (nSPS) is 10.3. The molecule has 0 bridgehead atoms. The van der Waals surface area contributed by atoms with Crippen molar-refractivity contribution in [3.63, 3.8) is 0 Å².